The van der Waals surface area contributed by atoms with Gasteiger partial charge in [0.1, 0.15) is 0 Å². The zero-order valence-electron chi connectivity index (χ0n) is 16.5. The highest BCUT2D eigenvalue weighted by Gasteiger charge is 2.24. The van der Waals surface area contributed by atoms with Crippen LogP contribution in [0.3, 0.4) is 0 Å². The zero-order chi connectivity index (χ0) is 20.6. The minimum absolute atomic E-state index is 0.0740. The van der Waals surface area contributed by atoms with Crippen LogP contribution in [0.15, 0.2) is 59.8 Å². The first-order chi connectivity index (χ1) is 14.1. The van der Waals surface area contributed by atoms with E-state index in [1.807, 2.05) is 49.4 Å². The summed E-state index contributed by atoms with van der Waals surface area (Å²) in [5.41, 5.74) is 3.01. The van der Waals surface area contributed by atoms with Gasteiger partial charge in [-0.1, -0.05) is 61.2 Å². The van der Waals surface area contributed by atoms with Crippen molar-refractivity contribution in [1.29, 1.82) is 5.26 Å². The summed E-state index contributed by atoms with van der Waals surface area (Å²) in [7, 11) is 0. The molecule has 1 N–H and O–H groups in total. The van der Waals surface area contributed by atoms with Crippen molar-refractivity contribution in [3.8, 4) is 17.5 Å². The molecule has 0 fully saturated rings. The van der Waals surface area contributed by atoms with E-state index in [1.165, 1.54) is 17.3 Å². The predicted molar refractivity (Wildman–Crippen MR) is 116 cm³/mol. The maximum absolute atomic E-state index is 13.0. The number of hydrogen-bond donors (Lipinski definition) is 1. The summed E-state index contributed by atoms with van der Waals surface area (Å²) in [4.78, 5) is 19.2. The molecule has 0 saturated carbocycles. The molecule has 29 heavy (non-hydrogen) atoms. The maximum atomic E-state index is 13.0. The number of nitrogens with one attached hydrogen (secondary N) is 1. The standard InChI is InChI=1S/C22H23N5OS/c1-3-17-10-12-18(13-11-17)20-24-22(26-25-20)29-16(2)21(28)27(15-7-14-23)19-8-5-4-6-9-19/h4-6,8-13,16H,3,7,15H2,1-2H3,(H,24,25,26)/t16-/m1/s1. The molecule has 1 atom stereocenters. The summed E-state index contributed by atoms with van der Waals surface area (Å²) in [6, 6.07) is 19.7. The van der Waals surface area contributed by atoms with E-state index in [4.69, 9.17) is 5.26 Å². The summed E-state index contributed by atoms with van der Waals surface area (Å²) in [5.74, 6) is 0.606. The van der Waals surface area contributed by atoms with Gasteiger partial charge in [0.05, 0.1) is 17.7 Å². The number of aromatic amines is 1. The van der Waals surface area contributed by atoms with Crippen molar-refractivity contribution in [2.24, 2.45) is 0 Å². The fourth-order valence-corrected chi connectivity index (χ4v) is 3.68. The highest BCUT2D eigenvalue weighted by molar-refractivity contribution is 8.00. The number of carbonyl (C=O) groups is 1. The van der Waals surface area contributed by atoms with E-state index in [-0.39, 0.29) is 17.6 Å². The summed E-state index contributed by atoms with van der Waals surface area (Å²) >= 11 is 1.30. The highest BCUT2D eigenvalue weighted by Crippen LogP contribution is 2.26. The Balaban J connectivity index is 1.71. The van der Waals surface area contributed by atoms with E-state index >= 15 is 0 Å². The molecule has 3 rings (SSSR count). The first-order valence-electron chi connectivity index (χ1n) is 9.54. The Morgan fingerprint density at radius 2 is 1.93 bits per heavy atom. The van der Waals surface area contributed by atoms with Gasteiger partial charge in [0, 0.05) is 17.8 Å². The van der Waals surface area contributed by atoms with Crippen molar-refractivity contribution in [1.82, 2.24) is 15.2 Å². The minimum atomic E-state index is -0.389. The largest absolute Gasteiger partial charge is 0.310 e. The number of amides is 1. The van der Waals surface area contributed by atoms with Crippen LogP contribution in [0.1, 0.15) is 25.8 Å². The lowest BCUT2D eigenvalue weighted by Crippen LogP contribution is -2.37. The number of anilines is 1. The van der Waals surface area contributed by atoms with Gasteiger partial charge in [-0.3, -0.25) is 9.89 Å². The van der Waals surface area contributed by atoms with E-state index in [2.05, 4.69) is 40.3 Å². The predicted octanol–water partition coefficient (Wildman–Crippen LogP) is 4.46. The molecule has 1 heterocycles. The quantitative estimate of drug-likeness (QED) is 0.559. The number of thioether (sulfide) groups is 1. The summed E-state index contributed by atoms with van der Waals surface area (Å²) in [6.07, 6.45) is 1.26. The van der Waals surface area contributed by atoms with Crippen LogP contribution in [-0.2, 0) is 11.2 Å². The molecule has 6 nitrogen and oxygen atoms in total. The monoisotopic (exact) mass is 405 g/mol. The molecule has 7 heteroatoms. The lowest BCUT2D eigenvalue weighted by Gasteiger charge is -2.24. The molecule has 3 aromatic rings. The molecule has 0 radical (unpaired) electrons. The van der Waals surface area contributed by atoms with Crippen LogP contribution in [0.5, 0.6) is 0 Å². The lowest BCUT2D eigenvalue weighted by atomic mass is 10.1. The van der Waals surface area contributed by atoms with Gasteiger partial charge in [0.15, 0.2) is 5.82 Å². The molecular weight excluding hydrogens is 382 g/mol. The number of para-hydroxylation sites is 1. The van der Waals surface area contributed by atoms with Crippen LogP contribution in [0, 0.1) is 11.3 Å². The van der Waals surface area contributed by atoms with Crippen LogP contribution in [0.25, 0.3) is 11.4 Å². The van der Waals surface area contributed by atoms with Crippen LogP contribution in [0.4, 0.5) is 5.69 Å². The maximum Gasteiger partial charge on any atom is 0.240 e. The second-order valence-corrected chi connectivity index (χ2v) is 7.82. The second kappa shape index (κ2) is 9.89. The Kier molecular flexibility index (Phi) is 7.04. The van der Waals surface area contributed by atoms with E-state index in [0.717, 1.165) is 17.7 Å². The lowest BCUT2D eigenvalue weighted by molar-refractivity contribution is -0.117. The van der Waals surface area contributed by atoms with Crippen molar-refractivity contribution < 1.29 is 4.79 Å². The van der Waals surface area contributed by atoms with Gasteiger partial charge >= 0.3 is 0 Å². The molecule has 0 aliphatic heterocycles. The molecule has 1 aromatic heterocycles. The molecule has 0 aliphatic rings. The Morgan fingerprint density at radius 3 is 2.59 bits per heavy atom. The second-order valence-electron chi connectivity index (χ2n) is 6.51. The van der Waals surface area contributed by atoms with E-state index < -0.39 is 0 Å². The van der Waals surface area contributed by atoms with E-state index in [0.29, 0.717) is 17.5 Å². The van der Waals surface area contributed by atoms with Gasteiger partial charge < -0.3 is 4.90 Å². The van der Waals surface area contributed by atoms with E-state index in [9.17, 15) is 4.79 Å². The molecule has 2 aromatic carbocycles. The smallest absolute Gasteiger partial charge is 0.240 e. The van der Waals surface area contributed by atoms with Crippen LogP contribution in [0.2, 0.25) is 0 Å². The van der Waals surface area contributed by atoms with Crippen molar-refractivity contribution in [3.05, 3.63) is 60.2 Å². The Hall–Kier alpha value is -3.11. The molecule has 0 unspecified atom stereocenters. The normalized spacial score (nSPS) is 11.6. The molecule has 0 aliphatic carbocycles. The number of benzene rings is 2. The SMILES string of the molecule is CCc1ccc(-c2nc(S[C@H](C)C(=O)N(CCC#N)c3ccccc3)n[nH]2)cc1. The van der Waals surface area contributed by atoms with Gasteiger partial charge in [-0.2, -0.15) is 5.26 Å². The van der Waals surface area contributed by atoms with Gasteiger partial charge in [-0.05, 0) is 31.0 Å². The first-order valence-corrected chi connectivity index (χ1v) is 10.4. The van der Waals surface area contributed by atoms with Crippen molar-refractivity contribution in [2.45, 2.75) is 37.1 Å². The van der Waals surface area contributed by atoms with Crippen LogP contribution in [-0.4, -0.2) is 32.9 Å². The Morgan fingerprint density at radius 1 is 1.21 bits per heavy atom. The number of aryl methyl sites for hydroxylation is 1. The van der Waals surface area contributed by atoms with Gasteiger partial charge in [0.2, 0.25) is 11.1 Å². The number of rotatable bonds is 8. The molecular formula is C22H23N5OS. The molecule has 148 valence electrons. The average molecular weight is 406 g/mol. The first kappa shape index (κ1) is 20.6. The fraction of sp³-hybridized carbons (Fsp3) is 0.273. The van der Waals surface area contributed by atoms with Crippen LogP contribution >= 0.6 is 11.8 Å². The number of H-pyrrole nitrogens is 1. The summed E-state index contributed by atoms with van der Waals surface area (Å²) in [5, 5.41) is 16.3. The number of nitrogens with zero attached hydrogens (tertiary/aromatic N) is 4. The molecule has 1 amide bonds. The minimum Gasteiger partial charge on any atom is -0.310 e. The summed E-state index contributed by atoms with van der Waals surface area (Å²) < 4.78 is 0. The third-order valence-corrected chi connectivity index (χ3v) is 5.46. The fourth-order valence-electron chi connectivity index (χ4n) is 2.89. The highest BCUT2D eigenvalue weighted by atomic mass is 32.2. The average Bonchev–Trinajstić information content (AvgIpc) is 3.23. The van der Waals surface area contributed by atoms with E-state index in [1.54, 1.807) is 4.90 Å². The number of carbonyl (C=O) groups excluding carboxylic acids is 1. The van der Waals surface area contributed by atoms with Gasteiger partial charge in [0.25, 0.3) is 0 Å². The zero-order valence-corrected chi connectivity index (χ0v) is 17.3. The van der Waals surface area contributed by atoms with Crippen molar-refractivity contribution >= 4 is 23.4 Å². The Labute approximate surface area is 175 Å². The topological polar surface area (TPSA) is 85.7 Å². The number of hydrogen-bond acceptors (Lipinski definition) is 5. The molecule has 0 bridgehead atoms. The van der Waals surface area contributed by atoms with Gasteiger partial charge in [-0.15, -0.1) is 5.10 Å². The third-order valence-electron chi connectivity index (χ3n) is 4.51. The van der Waals surface area contributed by atoms with Crippen LogP contribution < -0.4 is 4.90 Å². The van der Waals surface area contributed by atoms with Crippen molar-refractivity contribution in [3.63, 3.8) is 0 Å². The molecule has 0 spiro atoms. The third kappa shape index (κ3) is 5.24. The number of aromatic nitrogens is 3. The summed E-state index contributed by atoms with van der Waals surface area (Å²) in [6.45, 7) is 4.31. The molecule has 0 saturated heterocycles. The number of nitriles is 1. The Bertz CT molecular complexity index is 978. The van der Waals surface area contributed by atoms with Crippen molar-refractivity contribution in [2.75, 3.05) is 11.4 Å². The van der Waals surface area contributed by atoms with Gasteiger partial charge in [-0.25, -0.2) is 4.98 Å².